The summed E-state index contributed by atoms with van der Waals surface area (Å²) in [5, 5.41) is 0. The number of fused-ring (bicyclic) bond motifs is 8. The minimum Gasteiger partial charge on any atom is -0.497 e. The highest BCUT2D eigenvalue weighted by atomic mass is 16.5. The number of ketones is 1. The van der Waals surface area contributed by atoms with Crippen molar-refractivity contribution in [2.75, 3.05) is 7.11 Å². The third-order valence-electron chi connectivity index (χ3n) is 10.9. The van der Waals surface area contributed by atoms with Gasteiger partial charge in [0.1, 0.15) is 5.75 Å². The molecule has 0 saturated carbocycles. The van der Waals surface area contributed by atoms with Gasteiger partial charge in [-0.15, -0.1) is 0 Å². The van der Waals surface area contributed by atoms with Crippen LogP contribution in [0.15, 0.2) is 170 Å². The Morgan fingerprint density at radius 1 is 0.483 bits per heavy atom. The van der Waals surface area contributed by atoms with Gasteiger partial charge in [0, 0.05) is 49.9 Å². The lowest BCUT2D eigenvalue weighted by Crippen LogP contribution is -1.94. The van der Waals surface area contributed by atoms with Crippen LogP contribution in [-0.2, 0) is 0 Å². The van der Waals surface area contributed by atoms with Gasteiger partial charge in [-0.05, 0) is 101 Å². The molecule has 286 valence electrons. The average molecular weight is 775 g/mol. The maximum absolute atomic E-state index is 13.7. The van der Waals surface area contributed by atoms with Crippen LogP contribution in [0.1, 0.15) is 38.7 Å². The van der Waals surface area contributed by atoms with Crippen molar-refractivity contribution in [3.63, 3.8) is 0 Å². The number of nitrogens with one attached hydrogen (secondary N) is 2. The molecular weight excluding hydrogens is 737 g/mol. The largest absolute Gasteiger partial charge is 0.497 e. The second-order valence-corrected chi connectivity index (χ2v) is 14.6. The van der Waals surface area contributed by atoms with Crippen molar-refractivity contribution >= 4 is 58.2 Å². The third-order valence-corrected chi connectivity index (χ3v) is 10.9. The first kappa shape index (κ1) is 36.3. The number of allylic oxidation sites excluding steroid dienone is 1. The van der Waals surface area contributed by atoms with E-state index >= 15 is 0 Å². The number of rotatable bonds is 8. The van der Waals surface area contributed by atoms with E-state index in [4.69, 9.17) is 14.7 Å². The van der Waals surface area contributed by atoms with Crippen molar-refractivity contribution in [3.05, 3.63) is 204 Å². The molecule has 0 aliphatic carbocycles. The molecular formula is C54H38N4O2. The molecule has 6 nitrogen and oxygen atoms in total. The number of aromatic amines is 2. The molecule has 5 aromatic carbocycles. The first-order valence-electron chi connectivity index (χ1n) is 19.9. The van der Waals surface area contributed by atoms with Gasteiger partial charge in [-0.3, -0.25) is 4.79 Å². The molecule has 2 aliphatic heterocycles. The number of hydrogen-bond donors (Lipinski definition) is 2. The summed E-state index contributed by atoms with van der Waals surface area (Å²) in [7, 11) is 1.62. The second kappa shape index (κ2) is 15.7. The average Bonchev–Trinajstić information content (AvgIpc) is 4.15. The molecule has 10 rings (SSSR count). The fourth-order valence-corrected chi connectivity index (χ4v) is 8.09. The van der Waals surface area contributed by atoms with Crippen LogP contribution in [0.2, 0.25) is 0 Å². The van der Waals surface area contributed by atoms with Gasteiger partial charge < -0.3 is 14.7 Å². The smallest absolute Gasteiger partial charge is 0.185 e. The summed E-state index contributed by atoms with van der Waals surface area (Å²) in [6.07, 6.45) is 11.9. The van der Waals surface area contributed by atoms with E-state index in [1.165, 1.54) is 0 Å². The van der Waals surface area contributed by atoms with Crippen LogP contribution < -0.4 is 4.74 Å². The van der Waals surface area contributed by atoms with Crippen LogP contribution in [-0.4, -0.2) is 32.8 Å². The van der Waals surface area contributed by atoms with E-state index in [-0.39, 0.29) is 5.78 Å². The SMILES string of the molecule is COc1ccc(C(=O)/C=C\c2cc3[nH]c2c(-c2ccccc2)c2nc(c(-c4ccccc4)c4ccc([nH]4)c(-c4ccccc4)c4nc(c3-c3ccccc3)C=C4)C=C2)cc1. The van der Waals surface area contributed by atoms with Crippen molar-refractivity contribution < 1.29 is 9.53 Å². The summed E-state index contributed by atoms with van der Waals surface area (Å²) in [5.74, 6) is 0.573. The third kappa shape index (κ3) is 6.86. The summed E-state index contributed by atoms with van der Waals surface area (Å²) < 4.78 is 5.34. The Morgan fingerprint density at radius 3 is 1.35 bits per heavy atom. The highest BCUT2D eigenvalue weighted by Crippen LogP contribution is 2.39. The van der Waals surface area contributed by atoms with E-state index in [0.717, 1.165) is 94.9 Å². The van der Waals surface area contributed by atoms with Crippen LogP contribution in [0.25, 0.3) is 97.0 Å². The number of H-pyrrole nitrogens is 2. The van der Waals surface area contributed by atoms with Gasteiger partial charge in [0.05, 0.1) is 35.4 Å². The van der Waals surface area contributed by atoms with Crippen LogP contribution in [0, 0.1) is 0 Å². The molecule has 5 heterocycles. The first-order chi connectivity index (χ1) is 29.6. The molecule has 0 atom stereocenters. The lowest BCUT2D eigenvalue weighted by molar-refractivity contribution is 0.104. The molecule has 60 heavy (non-hydrogen) atoms. The van der Waals surface area contributed by atoms with Crippen LogP contribution >= 0.6 is 0 Å². The molecule has 8 aromatic rings. The van der Waals surface area contributed by atoms with Crippen LogP contribution in [0.3, 0.4) is 0 Å². The number of hydrogen-bond acceptors (Lipinski definition) is 4. The first-order valence-corrected chi connectivity index (χ1v) is 19.9. The Labute approximate surface area is 347 Å². The number of nitrogens with zero attached hydrogens (tertiary/aromatic N) is 2. The quantitative estimate of drug-likeness (QED) is 0.119. The lowest BCUT2D eigenvalue weighted by Gasteiger charge is -2.07. The highest BCUT2D eigenvalue weighted by molar-refractivity contribution is 6.09. The van der Waals surface area contributed by atoms with Crippen molar-refractivity contribution in [1.29, 1.82) is 0 Å². The number of methoxy groups -OCH3 is 1. The zero-order chi connectivity index (χ0) is 40.4. The van der Waals surface area contributed by atoms with Gasteiger partial charge in [0.2, 0.25) is 0 Å². The molecule has 6 heteroatoms. The standard InChI is InChI=1S/C54H38N4O2/c1-60-41-25-22-35(23-26-41)49(59)33-24-40-34-48-52(38-18-10-4-11-19-38)46-30-29-44(56-46)50(36-14-6-2-7-15-36)42-27-28-43(55-42)51(37-16-8-3-9-17-37)45-31-32-47(57-45)53(54(40)58-48)39-20-12-5-13-21-39/h2-34,55,58H,1H3/b33-24-,50-42?,50-44?,51-43?,51-45?,52-46?,52-48?,53-47?,54-53?. The molecule has 0 spiro atoms. The predicted molar refractivity (Wildman–Crippen MR) is 247 cm³/mol. The molecule has 0 unspecified atom stereocenters. The Hall–Kier alpha value is -8.09. The van der Waals surface area contributed by atoms with Gasteiger partial charge in [-0.2, -0.15) is 0 Å². The van der Waals surface area contributed by atoms with Gasteiger partial charge in [-0.1, -0.05) is 121 Å². The summed E-state index contributed by atoms with van der Waals surface area (Å²) in [6, 6.07) is 55.0. The Bertz CT molecular complexity index is 3160. The second-order valence-electron chi connectivity index (χ2n) is 14.6. The molecule has 3 aromatic heterocycles. The molecule has 2 aliphatic rings. The van der Waals surface area contributed by atoms with E-state index in [9.17, 15) is 4.79 Å². The van der Waals surface area contributed by atoms with Gasteiger partial charge in [-0.25, -0.2) is 9.97 Å². The van der Waals surface area contributed by atoms with Crippen molar-refractivity contribution in [3.8, 4) is 50.3 Å². The van der Waals surface area contributed by atoms with E-state index in [2.05, 4.69) is 125 Å². The Kier molecular flexibility index (Phi) is 9.48. The fourth-order valence-electron chi connectivity index (χ4n) is 8.09. The minimum atomic E-state index is -0.120. The number of benzene rings is 5. The topological polar surface area (TPSA) is 83.7 Å². The fraction of sp³-hybridized carbons (Fsp3) is 0.0185. The van der Waals surface area contributed by atoms with Crippen LogP contribution in [0.4, 0.5) is 0 Å². The minimum absolute atomic E-state index is 0.120. The van der Waals surface area contributed by atoms with E-state index in [1.807, 2.05) is 54.6 Å². The Balaban J connectivity index is 1.36. The van der Waals surface area contributed by atoms with Crippen molar-refractivity contribution in [2.45, 2.75) is 0 Å². The van der Waals surface area contributed by atoms with Crippen molar-refractivity contribution in [1.82, 2.24) is 19.9 Å². The normalized spacial score (nSPS) is 11.9. The summed E-state index contributed by atoms with van der Waals surface area (Å²) in [4.78, 5) is 32.3. The molecule has 2 N–H and O–H groups in total. The summed E-state index contributed by atoms with van der Waals surface area (Å²) in [5.41, 5.74) is 16.1. The van der Waals surface area contributed by atoms with Crippen LogP contribution in [0.5, 0.6) is 5.75 Å². The molecule has 8 bridgehead atoms. The van der Waals surface area contributed by atoms with Gasteiger partial charge in [0.15, 0.2) is 5.78 Å². The van der Waals surface area contributed by atoms with Gasteiger partial charge >= 0.3 is 0 Å². The summed E-state index contributed by atoms with van der Waals surface area (Å²) in [6.45, 7) is 0. The number of carbonyl (C=O) groups is 1. The van der Waals surface area contributed by atoms with E-state index in [1.54, 1.807) is 37.5 Å². The number of aromatic nitrogens is 4. The lowest BCUT2D eigenvalue weighted by atomic mass is 10.0. The maximum Gasteiger partial charge on any atom is 0.185 e. The van der Waals surface area contributed by atoms with Crippen molar-refractivity contribution in [2.24, 2.45) is 0 Å². The molecule has 0 saturated heterocycles. The Morgan fingerprint density at radius 2 is 0.900 bits per heavy atom. The maximum atomic E-state index is 13.7. The van der Waals surface area contributed by atoms with E-state index < -0.39 is 0 Å². The highest BCUT2D eigenvalue weighted by Gasteiger charge is 2.20. The summed E-state index contributed by atoms with van der Waals surface area (Å²) >= 11 is 0. The number of carbonyl (C=O) groups excluding carboxylic acids is 1. The molecule has 0 amide bonds. The molecule has 0 radical (unpaired) electrons. The zero-order valence-corrected chi connectivity index (χ0v) is 32.8. The predicted octanol–water partition coefficient (Wildman–Crippen LogP) is 13.2. The van der Waals surface area contributed by atoms with Gasteiger partial charge in [0.25, 0.3) is 0 Å². The van der Waals surface area contributed by atoms with E-state index in [0.29, 0.717) is 11.3 Å². The number of ether oxygens (including phenoxy) is 1. The molecule has 0 fully saturated rings. The monoisotopic (exact) mass is 774 g/mol. The zero-order valence-electron chi connectivity index (χ0n) is 32.8.